The van der Waals surface area contributed by atoms with Crippen molar-refractivity contribution < 1.29 is 18.7 Å². The van der Waals surface area contributed by atoms with Gasteiger partial charge in [0, 0.05) is 56.9 Å². The SMILES string of the molecule is CC(C)N(C(=O)c1cc(F)ccc1Oc1cncnc1N1CC2(CCN(CC3CCOCC3)C2)C1)C(C)C. The molecule has 1 aromatic carbocycles. The number of amides is 1. The first-order valence-corrected chi connectivity index (χ1v) is 13.9. The molecule has 0 atom stereocenters. The first-order chi connectivity index (χ1) is 18.2. The molecule has 1 spiro atoms. The molecule has 3 saturated heterocycles. The summed E-state index contributed by atoms with van der Waals surface area (Å²) < 4.78 is 26.0. The van der Waals surface area contributed by atoms with Crippen molar-refractivity contribution in [1.82, 2.24) is 19.8 Å². The molecule has 206 valence electrons. The van der Waals surface area contributed by atoms with Crippen LogP contribution in [0.3, 0.4) is 0 Å². The molecular formula is C29H40FN5O3. The molecule has 4 heterocycles. The molecule has 8 nitrogen and oxygen atoms in total. The van der Waals surface area contributed by atoms with E-state index in [-0.39, 0.29) is 29.0 Å². The largest absolute Gasteiger partial charge is 0.451 e. The molecule has 0 bridgehead atoms. The summed E-state index contributed by atoms with van der Waals surface area (Å²) in [5.41, 5.74) is 0.473. The zero-order valence-corrected chi connectivity index (χ0v) is 23.0. The molecule has 0 aliphatic carbocycles. The molecule has 1 aromatic heterocycles. The Morgan fingerprint density at radius 3 is 2.61 bits per heavy atom. The molecule has 2 aromatic rings. The van der Waals surface area contributed by atoms with Crippen LogP contribution >= 0.6 is 0 Å². The van der Waals surface area contributed by atoms with E-state index in [1.807, 2.05) is 27.7 Å². The third-order valence-corrected chi connectivity index (χ3v) is 8.12. The highest BCUT2D eigenvalue weighted by molar-refractivity contribution is 5.97. The lowest BCUT2D eigenvalue weighted by Gasteiger charge is -2.49. The van der Waals surface area contributed by atoms with Crippen LogP contribution in [0.1, 0.15) is 57.3 Å². The quantitative estimate of drug-likeness (QED) is 0.499. The fourth-order valence-corrected chi connectivity index (χ4v) is 6.35. The Hall–Kier alpha value is -2.78. The summed E-state index contributed by atoms with van der Waals surface area (Å²) in [4.78, 5) is 28.8. The molecule has 0 unspecified atom stereocenters. The number of nitrogens with zero attached hydrogens (tertiary/aromatic N) is 5. The molecule has 38 heavy (non-hydrogen) atoms. The average Bonchev–Trinajstić information content (AvgIpc) is 3.29. The fraction of sp³-hybridized carbons (Fsp3) is 0.621. The standard InChI is InChI=1S/C29H40FN5O3/c1-20(2)35(21(3)4)28(36)24-13-23(30)5-6-25(24)38-26-14-31-19-32-27(26)34-17-29(18-34)9-10-33(16-29)15-22-7-11-37-12-8-22/h5-6,13-14,19-22H,7-12,15-18H2,1-4H3. The van der Waals surface area contributed by atoms with E-state index in [0.717, 1.165) is 64.7 Å². The zero-order chi connectivity index (χ0) is 26.9. The van der Waals surface area contributed by atoms with Crippen LogP contribution in [0.5, 0.6) is 11.5 Å². The maximum Gasteiger partial charge on any atom is 0.258 e. The maximum atomic E-state index is 14.3. The van der Waals surface area contributed by atoms with Gasteiger partial charge in [-0.15, -0.1) is 0 Å². The molecule has 3 aliphatic heterocycles. The Kier molecular flexibility index (Phi) is 7.86. The minimum Gasteiger partial charge on any atom is -0.451 e. The van der Waals surface area contributed by atoms with E-state index in [9.17, 15) is 9.18 Å². The molecule has 0 saturated carbocycles. The average molecular weight is 526 g/mol. The first-order valence-electron chi connectivity index (χ1n) is 13.9. The molecule has 0 N–H and O–H groups in total. The van der Waals surface area contributed by atoms with Gasteiger partial charge in [0.25, 0.3) is 5.91 Å². The lowest BCUT2D eigenvalue weighted by atomic mass is 9.79. The number of likely N-dealkylation sites (tertiary alicyclic amines) is 1. The number of hydrogen-bond acceptors (Lipinski definition) is 7. The summed E-state index contributed by atoms with van der Waals surface area (Å²) in [5, 5.41) is 0. The summed E-state index contributed by atoms with van der Waals surface area (Å²) in [5.74, 6) is 1.49. The van der Waals surface area contributed by atoms with Gasteiger partial charge in [-0.2, -0.15) is 0 Å². The maximum absolute atomic E-state index is 14.3. The van der Waals surface area contributed by atoms with Crippen LogP contribution in [0.4, 0.5) is 10.2 Å². The van der Waals surface area contributed by atoms with Gasteiger partial charge in [-0.1, -0.05) is 0 Å². The zero-order valence-electron chi connectivity index (χ0n) is 23.0. The van der Waals surface area contributed by atoms with Crippen molar-refractivity contribution in [2.45, 2.75) is 59.0 Å². The summed E-state index contributed by atoms with van der Waals surface area (Å²) in [6, 6.07) is 4.01. The lowest BCUT2D eigenvalue weighted by molar-refractivity contribution is 0.0534. The molecule has 1 amide bonds. The monoisotopic (exact) mass is 525 g/mol. The van der Waals surface area contributed by atoms with Crippen molar-refractivity contribution in [3.63, 3.8) is 0 Å². The molecule has 3 aliphatic rings. The van der Waals surface area contributed by atoms with Gasteiger partial charge in [-0.3, -0.25) is 4.79 Å². The second-order valence-corrected chi connectivity index (χ2v) is 11.7. The second kappa shape index (κ2) is 11.1. The van der Waals surface area contributed by atoms with Crippen molar-refractivity contribution in [2.75, 3.05) is 50.8 Å². The van der Waals surface area contributed by atoms with Crippen LogP contribution in [0.15, 0.2) is 30.7 Å². The van der Waals surface area contributed by atoms with Gasteiger partial charge in [0.15, 0.2) is 11.6 Å². The normalized spacial score (nSPS) is 19.8. The van der Waals surface area contributed by atoms with Gasteiger partial charge in [-0.05, 0) is 77.6 Å². The van der Waals surface area contributed by atoms with Crippen LogP contribution in [0.25, 0.3) is 0 Å². The number of benzene rings is 1. The van der Waals surface area contributed by atoms with Crippen molar-refractivity contribution in [3.05, 3.63) is 42.1 Å². The molecule has 0 radical (unpaired) electrons. The first kappa shape index (κ1) is 26.8. The van der Waals surface area contributed by atoms with Gasteiger partial charge in [0.1, 0.15) is 17.9 Å². The topological polar surface area (TPSA) is 71.0 Å². The number of carbonyl (C=O) groups excluding carboxylic acids is 1. The number of rotatable bonds is 8. The highest BCUT2D eigenvalue weighted by Crippen LogP contribution is 2.44. The van der Waals surface area contributed by atoms with Crippen LogP contribution in [-0.4, -0.2) is 83.7 Å². The molecule has 9 heteroatoms. The number of anilines is 1. The summed E-state index contributed by atoms with van der Waals surface area (Å²) in [6.45, 7) is 14.8. The minimum atomic E-state index is -0.478. The third kappa shape index (κ3) is 5.64. The van der Waals surface area contributed by atoms with Crippen LogP contribution in [0.2, 0.25) is 0 Å². The highest BCUT2D eigenvalue weighted by Gasteiger charge is 2.49. The predicted octanol–water partition coefficient (Wildman–Crippen LogP) is 4.61. The summed E-state index contributed by atoms with van der Waals surface area (Å²) in [6.07, 6.45) is 6.66. The number of carbonyl (C=O) groups is 1. The Labute approximate surface area is 225 Å². The van der Waals surface area contributed by atoms with Crippen LogP contribution < -0.4 is 9.64 Å². The molecule has 5 rings (SSSR count). The van der Waals surface area contributed by atoms with E-state index < -0.39 is 5.82 Å². The van der Waals surface area contributed by atoms with Gasteiger partial charge in [0.2, 0.25) is 0 Å². The van der Waals surface area contributed by atoms with Gasteiger partial charge in [0.05, 0.1) is 11.8 Å². The molecule has 3 fully saturated rings. The Morgan fingerprint density at radius 1 is 1.16 bits per heavy atom. The highest BCUT2D eigenvalue weighted by atomic mass is 19.1. The fourth-order valence-electron chi connectivity index (χ4n) is 6.35. The van der Waals surface area contributed by atoms with E-state index in [1.54, 1.807) is 11.1 Å². The molecular weight excluding hydrogens is 485 g/mol. The third-order valence-electron chi connectivity index (χ3n) is 8.12. The van der Waals surface area contributed by atoms with Crippen molar-refractivity contribution in [3.8, 4) is 11.5 Å². The summed E-state index contributed by atoms with van der Waals surface area (Å²) >= 11 is 0. The lowest BCUT2D eigenvalue weighted by Crippen LogP contribution is -2.58. The Morgan fingerprint density at radius 2 is 1.89 bits per heavy atom. The van der Waals surface area contributed by atoms with Gasteiger partial charge in [-0.25, -0.2) is 14.4 Å². The van der Waals surface area contributed by atoms with Gasteiger partial charge >= 0.3 is 0 Å². The number of aromatic nitrogens is 2. The Balaban J connectivity index is 1.29. The second-order valence-electron chi connectivity index (χ2n) is 11.7. The predicted molar refractivity (Wildman–Crippen MR) is 144 cm³/mol. The summed E-state index contributed by atoms with van der Waals surface area (Å²) in [7, 11) is 0. The van der Waals surface area contributed by atoms with E-state index >= 15 is 0 Å². The Bertz CT molecular complexity index is 1120. The van der Waals surface area contributed by atoms with Crippen LogP contribution in [0, 0.1) is 17.2 Å². The number of halogens is 1. The van der Waals surface area contributed by atoms with Crippen molar-refractivity contribution >= 4 is 11.7 Å². The van der Waals surface area contributed by atoms with E-state index in [0.29, 0.717) is 17.3 Å². The van der Waals surface area contributed by atoms with E-state index in [4.69, 9.17) is 9.47 Å². The van der Waals surface area contributed by atoms with Crippen molar-refractivity contribution in [2.24, 2.45) is 11.3 Å². The number of hydrogen-bond donors (Lipinski definition) is 0. The van der Waals surface area contributed by atoms with Crippen LogP contribution in [-0.2, 0) is 4.74 Å². The van der Waals surface area contributed by atoms with E-state index in [1.165, 1.54) is 30.9 Å². The van der Waals surface area contributed by atoms with E-state index in [2.05, 4.69) is 19.8 Å². The minimum absolute atomic E-state index is 0.0380. The van der Waals surface area contributed by atoms with Crippen molar-refractivity contribution in [1.29, 1.82) is 0 Å². The van der Waals surface area contributed by atoms with Gasteiger partial charge < -0.3 is 24.2 Å². The number of ether oxygens (including phenoxy) is 2. The smallest absolute Gasteiger partial charge is 0.258 e.